The van der Waals surface area contributed by atoms with Crippen molar-refractivity contribution in [1.82, 2.24) is 5.32 Å². The predicted molar refractivity (Wildman–Crippen MR) is 109 cm³/mol. The number of piperidine rings is 1. The van der Waals surface area contributed by atoms with Crippen LogP contribution in [0.4, 0.5) is 5.69 Å². The highest BCUT2D eigenvalue weighted by molar-refractivity contribution is 5.92. The summed E-state index contributed by atoms with van der Waals surface area (Å²) in [6.07, 6.45) is 1.75. The van der Waals surface area contributed by atoms with Gasteiger partial charge in [-0.25, -0.2) is 0 Å². The maximum Gasteiger partial charge on any atom is 0.231 e. The Morgan fingerprint density at radius 2 is 2.07 bits per heavy atom. The second kappa shape index (κ2) is 9.17. The SMILES string of the molecule is C[C@H]1C[C@@H](C(=O)Nc2cccc(COc3ccc4c(c3)OCO4)c2)CCN1.Cl. The molecule has 7 heteroatoms. The topological polar surface area (TPSA) is 68.8 Å². The van der Waals surface area contributed by atoms with Crippen molar-refractivity contribution < 1.29 is 19.0 Å². The van der Waals surface area contributed by atoms with E-state index >= 15 is 0 Å². The van der Waals surface area contributed by atoms with Crippen LogP contribution < -0.4 is 24.8 Å². The number of carbonyl (C=O) groups excluding carboxylic acids is 1. The first kappa shape index (κ1) is 20.3. The molecule has 0 bridgehead atoms. The number of fused-ring (bicyclic) bond motifs is 1. The second-order valence-electron chi connectivity index (χ2n) is 7.07. The molecule has 150 valence electrons. The summed E-state index contributed by atoms with van der Waals surface area (Å²) in [5, 5.41) is 6.42. The molecule has 0 unspecified atom stereocenters. The second-order valence-corrected chi connectivity index (χ2v) is 7.07. The molecule has 6 nitrogen and oxygen atoms in total. The molecule has 4 rings (SSSR count). The number of amides is 1. The van der Waals surface area contributed by atoms with Gasteiger partial charge in [-0.2, -0.15) is 0 Å². The van der Waals surface area contributed by atoms with E-state index in [1.165, 1.54) is 0 Å². The molecule has 2 aliphatic heterocycles. The van der Waals surface area contributed by atoms with Crippen molar-refractivity contribution >= 4 is 24.0 Å². The maximum absolute atomic E-state index is 12.5. The van der Waals surface area contributed by atoms with Gasteiger partial charge in [-0.05, 0) is 56.1 Å². The summed E-state index contributed by atoms with van der Waals surface area (Å²) in [4.78, 5) is 12.5. The summed E-state index contributed by atoms with van der Waals surface area (Å²) in [5.74, 6) is 2.31. The fraction of sp³-hybridized carbons (Fsp3) is 0.381. The quantitative estimate of drug-likeness (QED) is 0.794. The molecule has 0 spiro atoms. The molecule has 28 heavy (non-hydrogen) atoms. The van der Waals surface area contributed by atoms with Crippen LogP contribution in [0, 0.1) is 5.92 Å². The Kier molecular flexibility index (Phi) is 6.65. The van der Waals surface area contributed by atoms with Gasteiger partial charge in [-0.1, -0.05) is 12.1 Å². The number of halogens is 1. The van der Waals surface area contributed by atoms with Crippen LogP contribution in [0.2, 0.25) is 0 Å². The first-order valence-corrected chi connectivity index (χ1v) is 9.33. The maximum atomic E-state index is 12.5. The van der Waals surface area contributed by atoms with Crippen molar-refractivity contribution in [2.75, 3.05) is 18.7 Å². The van der Waals surface area contributed by atoms with Gasteiger partial charge in [0, 0.05) is 23.7 Å². The number of benzene rings is 2. The van der Waals surface area contributed by atoms with Crippen LogP contribution in [-0.4, -0.2) is 25.3 Å². The highest BCUT2D eigenvalue weighted by Gasteiger charge is 2.24. The van der Waals surface area contributed by atoms with Crippen LogP contribution in [0.3, 0.4) is 0 Å². The molecule has 2 heterocycles. The molecule has 0 saturated carbocycles. The Bertz CT molecular complexity index is 830. The van der Waals surface area contributed by atoms with Crippen molar-refractivity contribution in [3.05, 3.63) is 48.0 Å². The first-order chi connectivity index (χ1) is 13.2. The molecule has 2 N–H and O–H groups in total. The van der Waals surface area contributed by atoms with E-state index in [1.54, 1.807) is 0 Å². The average molecular weight is 405 g/mol. The highest BCUT2D eigenvalue weighted by Crippen LogP contribution is 2.35. The molecular weight excluding hydrogens is 380 g/mol. The first-order valence-electron chi connectivity index (χ1n) is 9.33. The minimum Gasteiger partial charge on any atom is -0.489 e. The van der Waals surface area contributed by atoms with Gasteiger partial charge in [0.05, 0.1) is 0 Å². The van der Waals surface area contributed by atoms with Gasteiger partial charge in [-0.15, -0.1) is 12.4 Å². The van der Waals surface area contributed by atoms with E-state index in [1.807, 2.05) is 42.5 Å². The Morgan fingerprint density at radius 1 is 1.21 bits per heavy atom. The molecule has 0 aromatic heterocycles. The number of carbonyl (C=O) groups is 1. The number of ether oxygens (including phenoxy) is 3. The summed E-state index contributed by atoms with van der Waals surface area (Å²) < 4.78 is 16.5. The van der Waals surface area contributed by atoms with Crippen molar-refractivity contribution in [3.8, 4) is 17.2 Å². The van der Waals surface area contributed by atoms with E-state index in [2.05, 4.69) is 17.6 Å². The van der Waals surface area contributed by atoms with E-state index < -0.39 is 0 Å². The lowest BCUT2D eigenvalue weighted by molar-refractivity contribution is -0.120. The molecule has 2 aliphatic rings. The van der Waals surface area contributed by atoms with Crippen molar-refractivity contribution in [2.24, 2.45) is 5.92 Å². The van der Waals surface area contributed by atoms with Crippen LogP contribution in [0.5, 0.6) is 17.2 Å². The molecular formula is C21H25ClN2O4. The van der Waals surface area contributed by atoms with Gasteiger partial charge in [0.2, 0.25) is 12.7 Å². The van der Waals surface area contributed by atoms with Gasteiger partial charge in [0.25, 0.3) is 0 Å². The smallest absolute Gasteiger partial charge is 0.231 e. The van der Waals surface area contributed by atoms with Gasteiger partial charge in [-0.3, -0.25) is 4.79 Å². The minimum absolute atomic E-state index is 0. The molecule has 1 saturated heterocycles. The monoisotopic (exact) mass is 404 g/mol. The summed E-state index contributed by atoms with van der Waals surface area (Å²) in [6.45, 7) is 3.67. The van der Waals surface area contributed by atoms with E-state index in [0.717, 1.165) is 42.1 Å². The van der Waals surface area contributed by atoms with Crippen molar-refractivity contribution in [3.63, 3.8) is 0 Å². The zero-order valence-corrected chi connectivity index (χ0v) is 16.6. The highest BCUT2D eigenvalue weighted by atomic mass is 35.5. The molecule has 2 aromatic carbocycles. The van der Waals surface area contributed by atoms with E-state index in [4.69, 9.17) is 14.2 Å². The van der Waals surface area contributed by atoms with Crippen LogP contribution in [0.15, 0.2) is 42.5 Å². The van der Waals surface area contributed by atoms with Crippen molar-refractivity contribution in [2.45, 2.75) is 32.4 Å². The third kappa shape index (κ3) is 4.88. The molecule has 1 amide bonds. The largest absolute Gasteiger partial charge is 0.489 e. The summed E-state index contributed by atoms with van der Waals surface area (Å²) >= 11 is 0. The number of nitrogens with one attached hydrogen (secondary N) is 2. The summed E-state index contributed by atoms with van der Waals surface area (Å²) in [7, 11) is 0. The zero-order chi connectivity index (χ0) is 18.6. The van der Waals surface area contributed by atoms with Crippen molar-refractivity contribution in [1.29, 1.82) is 0 Å². The number of hydrogen-bond acceptors (Lipinski definition) is 5. The van der Waals surface area contributed by atoms with E-state index in [-0.39, 0.29) is 31.0 Å². The van der Waals surface area contributed by atoms with Crippen LogP contribution >= 0.6 is 12.4 Å². The van der Waals surface area contributed by atoms with Crippen LogP contribution in [0.1, 0.15) is 25.3 Å². The molecule has 0 radical (unpaired) electrons. The Labute approximate surface area is 171 Å². The lowest BCUT2D eigenvalue weighted by Gasteiger charge is -2.27. The summed E-state index contributed by atoms with van der Waals surface area (Å²) in [5.41, 5.74) is 1.79. The third-order valence-electron chi connectivity index (χ3n) is 4.94. The average Bonchev–Trinajstić information content (AvgIpc) is 3.14. The number of anilines is 1. The molecule has 1 fully saturated rings. The molecule has 0 aliphatic carbocycles. The minimum atomic E-state index is 0. The fourth-order valence-corrected chi connectivity index (χ4v) is 3.49. The van der Waals surface area contributed by atoms with E-state index in [9.17, 15) is 4.79 Å². The summed E-state index contributed by atoms with van der Waals surface area (Å²) in [6, 6.07) is 13.7. The van der Waals surface area contributed by atoms with Gasteiger partial charge < -0.3 is 24.8 Å². The lowest BCUT2D eigenvalue weighted by Crippen LogP contribution is -2.40. The van der Waals surface area contributed by atoms with Crippen LogP contribution in [0.25, 0.3) is 0 Å². The predicted octanol–water partition coefficient (Wildman–Crippen LogP) is 3.74. The van der Waals surface area contributed by atoms with E-state index in [0.29, 0.717) is 18.4 Å². The van der Waals surface area contributed by atoms with Gasteiger partial charge >= 0.3 is 0 Å². The zero-order valence-electron chi connectivity index (χ0n) is 15.8. The standard InChI is InChI=1S/C21H24N2O4.ClH/c1-14-9-16(7-8-22-14)21(24)23-17-4-2-3-15(10-17)12-25-18-5-6-19-20(11-18)27-13-26-19;/h2-6,10-11,14,16,22H,7-9,12-13H2,1H3,(H,23,24);1H/t14-,16-;/m0./s1. The Balaban J connectivity index is 0.00000225. The van der Waals surface area contributed by atoms with Gasteiger partial charge in [0.1, 0.15) is 12.4 Å². The molecule has 2 atom stereocenters. The lowest BCUT2D eigenvalue weighted by atomic mass is 9.92. The Hall–Kier alpha value is -2.44. The fourth-order valence-electron chi connectivity index (χ4n) is 3.49. The molecule has 2 aromatic rings. The Morgan fingerprint density at radius 3 is 2.93 bits per heavy atom. The van der Waals surface area contributed by atoms with Gasteiger partial charge in [0.15, 0.2) is 11.5 Å². The van der Waals surface area contributed by atoms with Crippen LogP contribution in [-0.2, 0) is 11.4 Å². The normalized spacial score (nSPS) is 20.2. The number of hydrogen-bond donors (Lipinski definition) is 2. The number of rotatable bonds is 5. The third-order valence-corrected chi connectivity index (χ3v) is 4.94.